The van der Waals surface area contributed by atoms with Gasteiger partial charge in [0.1, 0.15) is 0 Å². The Morgan fingerprint density at radius 3 is 1.37 bits per heavy atom. The molecule has 0 fully saturated rings. The van der Waals surface area contributed by atoms with E-state index in [1.165, 1.54) is 62.6 Å². The average molecular weight is 275 g/mol. The Labute approximate surface area is 119 Å². The molecule has 0 spiro atoms. The molecule has 0 radical (unpaired) electrons. The van der Waals surface area contributed by atoms with Gasteiger partial charge in [-0.25, -0.2) is 0 Å². The molecule has 0 atom stereocenters. The lowest BCUT2D eigenvalue weighted by molar-refractivity contribution is -0.910. The molecule has 0 aliphatic rings. The highest BCUT2D eigenvalue weighted by Gasteiger charge is 2.18. The highest BCUT2D eigenvalue weighted by Crippen LogP contribution is 2.10. The zero-order valence-electron chi connectivity index (χ0n) is 13.3. The van der Waals surface area contributed by atoms with E-state index < -0.39 is 12.6 Å². The fraction of sp³-hybridized carbons (Fsp3) is 0.933. The quantitative estimate of drug-likeness (QED) is 0.616. The van der Waals surface area contributed by atoms with Crippen molar-refractivity contribution in [1.82, 2.24) is 0 Å². The first-order valence-electron chi connectivity index (χ1n) is 7.60. The topological polar surface area (TPSA) is 60.4 Å². The smallest absolute Gasteiger partial charge is 0.0826 e. The van der Waals surface area contributed by atoms with Crippen LogP contribution in [0.25, 0.3) is 0 Å². The van der Waals surface area contributed by atoms with Crippen LogP contribution >= 0.6 is 0 Å². The SMILES string of the molecule is CCCC[N+](C)(CCCC)CCCC.O=C([O-])CO. The van der Waals surface area contributed by atoms with Gasteiger partial charge < -0.3 is 19.5 Å². The van der Waals surface area contributed by atoms with Crippen LogP contribution in [0.3, 0.4) is 0 Å². The third kappa shape index (κ3) is 15.3. The fourth-order valence-corrected chi connectivity index (χ4v) is 1.95. The van der Waals surface area contributed by atoms with E-state index in [1.54, 1.807) is 0 Å². The van der Waals surface area contributed by atoms with Crippen molar-refractivity contribution in [2.75, 3.05) is 33.3 Å². The first-order valence-corrected chi connectivity index (χ1v) is 7.60. The van der Waals surface area contributed by atoms with Crippen molar-refractivity contribution in [3.63, 3.8) is 0 Å². The average Bonchev–Trinajstić information content (AvgIpc) is 2.41. The van der Waals surface area contributed by atoms with Gasteiger partial charge in [-0.2, -0.15) is 0 Å². The highest BCUT2D eigenvalue weighted by atomic mass is 16.4. The summed E-state index contributed by atoms with van der Waals surface area (Å²) in [6, 6.07) is 0. The summed E-state index contributed by atoms with van der Waals surface area (Å²) in [5, 5.41) is 16.5. The molecule has 0 saturated carbocycles. The Morgan fingerprint density at radius 1 is 0.947 bits per heavy atom. The van der Waals surface area contributed by atoms with Crippen molar-refractivity contribution in [1.29, 1.82) is 0 Å². The largest absolute Gasteiger partial charge is 0.548 e. The summed E-state index contributed by atoms with van der Waals surface area (Å²) in [5.41, 5.74) is 0. The molecule has 0 rings (SSSR count). The molecule has 0 amide bonds. The molecule has 4 heteroatoms. The Balaban J connectivity index is 0. The molecule has 0 aromatic heterocycles. The lowest BCUT2D eigenvalue weighted by Crippen LogP contribution is -2.46. The maximum atomic E-state index is 9.01. The summed E-state index contributed by atoms with van der Waals surface area (Å²) >= 11 is 0. The Kier molecular flexibility index (Phi) is 15.1. The highest BCUT2D eigenvalue weighted by molar-refractivity contribution is 5.65. The second-order valence-electron chi connectivity index (χ2n) is 5.38. The number of aliphatic hydroxyl groups excluding tert-OH is 1. The van der Waals surface area contributed by atoms with Gasteiger partial charge in [0, 0.05) is 0 Å². The first-order chi connectivity index (χ1) is 8.95. The monoisotopic (exact) mass is 275 g/mol. The van der Waals surface area contributed by atoms with Gasteiger partial charge in [0.2, 0.25) is 0 Å². The number of nitrogens with zero attached hydrogens (tertiary/aromatic N) is 1. The van der Waals surface area contributed by atoms with E-state index in [0.29, 0.717) is 0 Å². The van der Waals surface area contributed by atoms with Crippen molar-refractivity contribution in [3.05, 3.63) is 0 Å². The number of hydrogen-bond acceptors (Lipinski definition) is 3. The van der Waals surface area contributed by atoms with Gasteiger partial charge in [-0.1, -0.05) is 40.0 Å². The van der Waals surface area contributed by atoms with E-state index in [0.717, 1.165) is 0 Å². The summed E-state index contributed by atoms with van der Waals surface area (Å²) in [6.45, 7) is 10.2. The van der Waals surface area contributed by atoms with Gasteiger partial charge in [-0.05, 0) is 19.3 Å². The van der Waals surface area contributed by atoms with Gasteiger partial charge in [-0.15, -0.1) is 0 Å². The third-order valence-corrected chi connectivity index (χ3v) is 3.28. The van der Waals surface area contributed by atoms with Crippen molar-refractivity contribution in [2.45, 2.75) is 59.3 Å². The summed E-state index contributed by atoms with van der Waals surface area (Å²) in [4.78, 5) is 9.01. The summed E-state index contributed by atoms with van der Waals surface area (Å²) in [7, 11) is 2.45. The molecule has 0 unspecified atom stereocenters. The number of carbonyl (C=O) groups is 1. The Bertz CT molecular complexity index is 186. The number of aliphatic carboxylic acids is 1. The van der Waals surface area contributed by atoms with Crippen molar-refractivity contribution in [3.8, 4) is 0 Å². The number of carbonyl (C=O) groups excluding carboxylic acids is 1. The maximum Gasteiger partial charge on any atom is 0.0826 e. The normalized spacial score (nSPS) is 10.8. The molecule has 0 aliphatic carbocycles. The lowest BCUT2D eigenvalue weighted by Gasteiger charge is -2.34. The van der Waals surface area contributed by atoms with Gasteiger partial charge in [0.25, 0.3) is 0 Å². The Hall–Kier alpha value is -0.610. The fourth-order valence-electron chi connectivity index (χ4n) is 1.95. The van der Waals surface area contributed by atoms with Gasteiger partial charge in [0.15, 0.2) is 0 Å². The molecule has 4 nitrogen and oxygen atoms in total. The molecule has 0 heterocycles. The van der Waals surface area contributed by atoms with E-state index in [-0.39, 0.29) is 0 Å². The van der Waals surface area contributed by atoms with Crippen LogP contribution in [0.1, 0.15) is 59.3 Å². The molecule has 1 N–H and O–H groups in total. The van der Waals surface area contributed by atoms with Crippen molar-refractivity contribution in [2.24, 2.45) is 0 Å². The molecular formula is C15H33NO3. The van der Waals surface area contributed by atoms with Crippen LogP contribution in [-0.2, 0) is 4.79 Å². The van der Waals surface area contributed by atoms with Gasteiger partial charge in [-0.3, -0.25) is 0 Å². The molecule has 0 saturated heterocycles. The minimum atomic E-state index is -1.44. The summed E-state index contributed by atoms with van der Waals surface area (Å²) < 4.78 is 1.32. The minimum Gasteiger partial charge on any atom is -0.548 e. The van der Waals surface area contributed by atoms with E-state index >= 15 is 0 Å². The lowest BCUT2D eigenvalue weighted by atomic mass is 10.2. The third-order valence-electron chi connectivity index (χ3n) is 3.28. The minimum absolute atomic E-state index is 0.889. The second-order valence-corrected chi connectivity index (χ2v) is 5.38. The second kappa shape index (κ2) is 13.8. The van der Waals surface area contributed by atoms with E-state index in [4.69, 9.17) is 15.0 Å². The predicted molar refractivity (Wildman–Crippen MR) is 77.6 cm³/mol. The molecule has 116 valence electrons. The number of carboxylic acid groups (broad SMARTS) is 1. The molecular weight excluding hydrogens is 242 g/mol. The summed E-state index contributed by atoms with van der Waals surface area (Å²) in [5.74, 6) is -1.44. The predicted octanol–water partition coefficient (Wildman–Crippen LogP) is 1.56. The number of quaternary nitrogens is 1. The number of rotatable bonds is 10. The first kappa shape index (κ1) is 20.7. The zero-order chi connectivity index (χ0) is 15.1. The van der Waals surface area contributed by atoms with Crippen LogP contribution in [-0.4, -0.2) is 48.8 Å². The number of unbranched alkanes of at least 4 members (excludes halogenated alkanes) is 3. The van der Waals surface area contributed by atoms with Gasteiger partial charge >= 0.3 is 0 Å². The van der Waals surface area contributed by atoms with Crippen LogP contribution in [0.2, 0.25) is 0 Å². The van der Waals surface area contributed by atoms with Crippen molar-refractivity contribution >= 4 is 5.97 Å². The van der Waals surface area contributed by atoms with Crippen LogP contribution in [0.15, 0.2) is 0 Å². The number of aliphatic hydroxyl groups is 1. The van der Waals surface area contributed by atoms with Crippen LogP contribution in [0, 0.1) is 0 Å². The number of carboxylic acids is 1. The molecule has 0 bridgehead atoms. The van der Waals surface area contributed by atoms with Crippen LogP contribution < -0.4 is 5.11 Å². The molecule has 0 aromatic carbocycles. The van der Waals surface area contributed by atoms with E-state index in [1.807, 2.05) is 0 Å². The molecule has 0 aromatic rings. The van der Waals surface area contributed by atoms with Crippen LogP contribution in [0.4, 0.5) is 0 Å². The molecule has 0 aliphatic heterocycles. The molecule has 19 heavy (non-hydrogen) atoms. The van der Waals surface area contributed by atoms with E-state index in [9.17, 15) is 0 Å². The van der Waals surface area contributed by atoms with E-state index in [2.05, 4.69) is 27.8 Å². The maximum absolute atomic E-state index is 9.01. The van der Waals surface area contributed by atoms with Crippen LogP contribution in [0.5, 0.6) is 0 Å². The zero-order valence-corrected chi connectivity index (χ0v) is 13.3. The van der Waals surface area contributed by atoms with Crippen molar-refractivity contribution < 1.29 is 19.5 Å². The number of hydrogen-bond donors (Lipinski definition) is 1. The Morgan fingerprint density at radius 2 is 1.21 bits per heavy atom. The standard InChI is InChI=1S/C13H30N.C2H4O3/c1-5-8-11-14(4,12-9-6-2)13-10-7-3;3-1-2(4)5/h5-13H2,1-4H3;3H,1H2,(H,4,5)/q+1;/p-1. The van der Waals surface area contributed by atoms with Gasteiger partial charge in [0.05, 0.1) is 39.3 Å². The summed E-state index contributed by atoms with van der Waals surface area (Å²) in [6.07, 6.45) is 8.20.